The average Bonchev–Trinajstić information content (AvgIpc) is 3.15. The summed E-state index contributed by atoms with van der Waals surface area (Å²) in [5.74, 6) is 0.232. The molecule has 1 N–H and O–H groups in total. The van der Waals surface area contributed by atoms with Crippen molar-refractivity contribution in [2.24, 2.45) is 0 Å². The molecule has 0 aliphatic rings. The topological polar surface area (TPSA) is 82.2 Å². The van der Waals surface area contributed by atoms with Gasteiger partial charge in [-0.3, -0.25) is 9.63 Å². The summed E-state index contributed by atoms with van der Waals surface area (Å²) >= 11 is 0. The van der Waals surface area contributed by atoms with Gasteiger partial charge in [0.2, 0.25) is 0 Å². The van der Waals surface area contributed by atoms with E-state index < -0.39 is 0 Å². The van der Waals surface area contributed by atoms with E-state index in [0.717, 1.165) is 0 Å². The Labute approximate surface area is 126 Å². The number of carbonyl (C=O) groups is 1. The second-order valence-electron chi connectivity index (χ2n) is 5.09. The smallest absolute Gasteiger partial charge is 0.275 e. The van der Waals surface area contributed by atoms with Crippen molar-refractivity contribution in [1.82, 2.24) is 20.2 Å². The zero-order valence-electron chi connectivity index (χ0n) is 12.5. The first-order valence-corrected chi connectivity index (χ1v) is 6.87. The molecule has 0 unspecified atom stereocenters. The van der Waals surface area contributed by atoms with Gasteiger partial charge in [0.15, 0.2) is 11.4 Å². The minimum Gasteiger partial charge on any atom is -0.463 e. The van der Waals surface area contributed by atoms with Crippen LogP contribution < -0.4 is 5.48 Å². The predicted molar refractivity (Wildman–Crippen MR) is 80.1 cm³/mol. The van der Waals surface area contributed by atoms with Gasteiger partial charge in [0.25, 0.3) is 5.91 Å². The number of furan rings is 1. The Morgan fingerprint density at radius 3 is 2.91 bits per heavy atom. The van der Waals surface area contributed by atoms with Crippen LogP contribution in [0.1, 0.15) is 30.2 Å². The molecule has 3 aromatic rings. The van der Waals surface area contributed by atoms with Gasteiger partial charge in [-0.2, -0.15) is 5.10 Å². The first-order valence-electron chi connectivity index (χ1n) is 6.87. The third kappa shape index (κ3) is 2.35. The van der Waals surface area contributed by atoms with Crippen LogP contribution in [0.25, 0.3) is 22.5 Å². The molecular formula is C15H16N4O3. The van der Waals surface area contributed by atoms with Crippen LogP contribution in [0.2, 0.25) is 0 Å². The van der Waals surface area contributed by atoms with E-state index in [1.807, 2.05) is 13.8 Å². The number of nitrogens with one attached hydrogen (secondary N) is 1. The van der Waals surface area contributed by atoms with Gasteiger partial charge in [-0.05, 0) is 32.0 Å². The monoisotopic (exact) mass is 300 g/mol. The van der Waals surface area contributed by atoms with Crippen LogP contribution in [0.3, 0.4) is 0 Å². The van der Waals surface area contributed by atoms with Crippen LogP contribution in [-0.4, -0.2) is 27.8 Å². The SMILES string of the molecule is CONC(=O)c1cc(-c2ccco2)nc2c1cnn2C(C)C. The van der Waals surface area contributed by atoms with E-state index in [9.17, 15) is 4.79 Å². The molecular weight excluding hydrogens is 284 g/mol. The summed E-state index contributed by atoms with van der Waals surface area (Å²) in [7, 11) is 1.39. The minimum atomic E-state index is -0.356. The second kappa shape index (κ2) is 5.61. The summed E-state index contributed by atoms with van der Waals surface area (Å²) in [5.41, 5.74) is 3.97. The van der Waals surface area contributed by atoms with Gasteiger partial charge in [-0.1, -0.05) is 0 Å². The lowest BCUT2D eigenvalue weighted by Crippen LogP contribution is -2.22. The van der Waals surface area contributed by atoms with E-state index in [0.29, 0.717) is 28.1 Å². The molecule has 7 nitrogen and oxygen atoms in total. The molecule has 0 aromatic carbocycles. The van der Waals surface area contributed by atoms with Gasteiger partial charge >= 0.3 is 0 Å². The Kier molecular flexibility index (Phi) is 3.64. The highest BCUT2D eigenvalue weighted by Gasteiger charge is 2.19. The lowest BCUT2D eigenvalue weighted by Gasteiger charge is -2.09. The van der Waals surface area contributed by atoms with Crippen molar-refractivity contribution in [2.45, 2.75) is 19.9 Å². The van der Waals surface area contributed by atoms with Crippen molar-refractivity contribution < 1.29 is 14.0 Å². The molecule has 3 rings (SSSR count). The van der Waals surface area contributed by atoms with Crippen LogP contribution >= 0.6 is 0 Å². The molecule has 3 aromatic heterocycles. The van der Waals surface area contributed by atoms with Crippen LogP contribution in [0, 0.1) is 0 Å². The molecule has 0 spiro atoms. The number of aromatic nitrogens is 3. The zero-order chi connectivity index (χ0) is 15.7. The Balaban J connectivity index is 2.26. The normalized spacial score (nSPS) is 11.3. The predicted octanol–water partition coefficient (Wildman–Crippen LogP) is 2.56. The average molecular weight is 300 g/mol. The quantitative estimate of drug-likeness (QED) is 0.749. The number of nitrogens with zero attached hydrogens (tertiary/aromatic N) is 3. The lowest BCUT2D eigenvalue weighted by atomic mass is 10.1. The standard InChI is InChI=1S/C15H16N4O3/c1-9(2)19-14-11(8-16-19)10(15(20)18-21-3)7-12(17-14)13-5-4-6-22-13/h4-9H,1-3H3,(H,18,20). The zero-order valence-corrected chi connectivity index (χ0v) is 12.5. The number of hydroxylamine groups is 1. The summed E-state index contributed by atoms with van der Waals surface area (Å²) < 4.78 is 7.15. The summed E-state index contributed by atoms with van der Waals surface area (Å²) in [5, 5.41) is 4.99. The van der Waals surface area contributed by atoms with Crippen molar-refractivity contribution in [1.29, 1.82) is 0 Å². The summed E-state index contributed by atoms with van der Waals surface area (Å²) in [4.78, 5) is 21.5. The van der Waals surface area contributed by atoms with Gasteiger partial charge in [0.05, 0.1) is 30.5 Å². The minimum absolute atomic E-state index is 0.121. The van der Waals surface area contributed by atoms with E-state index in [1.165, 1.54) is 7.11 Å². The van der Waals surface area contributed by atoms with Crippen molar-refractivity contribution in [2.75, 3.05) is 7.11 Å². The molecule has 114 valence electrons. The van der Waals surface area contributed by atoms with Gasteiger partial charge in [-0.15, -0.1) is 0 Å². The number of carbonyl (C=O) groups excluding carboxylic acids is 1. The maximum Gasteiger partial charge on any atom is 0.275 e. The van der Waals surface area contributed by atoms with E-state index in [1.54, 1.807) is 35.3 Å². The fourth-order valence-corrected chi connectivity index (χ4v) is 2.28. The highest BCUT2D eigenvalue weighted by Crippen LogP contribution is 2.26. The maximum atomic E-state index is 12.2. The number of pyridine rings is 1. The number of rotatable bonds is 4. The number of amides is 1. The molecule has 0 fully saturated rings. The summed E-state index contributed by atoms with van der Waals surface area (Å²) in [6.45, 7) is 4.01. The van der Waals surface area contributed by atoms with E-state index in [-0.39, 0.29) is 11.9 Å². The molecule has 0 bridgehead atoms. The highest BCUT2D eigenvalue weighted by molar-refractivity contribution is 6.06. The molecule has 0 atom stereocenters. The fourth-order valence-electron chi connectivity index (χ4n) is 2.28. The first kappa shape index (κ1) is 14.3. The molecule has 0 saturated heterocycles. The van der Waals surface area contributed by atoms with Gasteiger partial charge in [0, 0.05) is 6.04 Å². The Hall–Kier alpha value is -2.67. The maximum absolute atomic E-state index is 12.2. The first-order chi connectivity index (χ1) is 10.6. The van der Waals surface area contributed by atoms with Gasteiger partial charge in [-0.25, -0.2) is 15.1 Å². The third-order valence-corrected chi connectivity index (χ3v) is 3.27. The molecule has 0 aliphatic heterocycles. The van der Waals surface area contributed by atoms with Crippen molar-refractivity contribution in [3.63, 3.8) is 0 Å². The number of hydrogen-bond donors (Lipinski definition) is 1. The van der Waals surface area contributed by atoms with Crippen LogP contribution in [0.15, 0.2) is 35.1 Å². The van der Waals surface area contributed by atoms with E-state index in [2.05, 4.69) is 15.6 Å². The van der Waals surface area contributed by atoms with Crippen LogP contribution in [-0.2, 0) is 4.84 Å². The Bertz CT molecular complexity index is 806. The number of fused-ring (bicyclic) bond motifs is 1. The Morgan fingerprint density at radius 1 is 1.45 bits per heavy atom. The molecule has 0 radical (unpaired) electrons. The third-order valence-electron chi connectivity index (χ3n) is 3.27. The molecule has 1 amide bonds. The molecule has 7 heteroatoms. The molecule has 22 heavy (non-hydrogen) atoms. The van der Waals surface area contributed by atoms with Crippen LogP contribution in [0.4, 0.5) is 0 Å². The summed E-state index contributed by atoms with van der Waals surface area (Å²) in [6.07, 6.45) is 3.20. The van der Waals surface area contributed by atoms with Gasteiger partial charge < -0.3 is 4.42 Å². The fraction of sp³-hybridized carbons (Fsp3) is 0.267. The van der Waals surface area contributed by atoms with Gasteiger partial charge in [0.1, 0.15) is 5.69 Å². The summed E-state index contributed by atoms with van der Waals surface area (Å²) in [6, 6.07) is 5.36. The lowest BCUT2D eigenvalue weighted by molar-refractivity contribution is 0.0539. The van der Waals surface area contributed by atoms with Crippen LogP contribution in [0.5, 0.6) is 0 Å². The molecule has 0 aliphatic carbocycles. The molecule has 3 heterocycles. The largest absolute Gasteiger partial charge is 0.463 e. The number of hydrogen-bond acceptors (Lipinski definition) is 5. The van der Waals surface area contributed by atoms with Crippen molar-refractivity contribution in [3.05, 3.63) is 36.2 Å². The van der Waals surface area contributed by atoms with E-state index in [4.69, 9.17) is 9.25 Å². The van der Waals surface area contributed by atoms with Crippen molar-refractivity contribution in [3.8, 4) is 11.5 Å². The van der Waals surface area contributed by atoms with E-state index >= 15 is 0 Å². The highest BCUT2D eigenvalue weighted by atomic mass is 16.6. The second-order valence-corrected chi connectivity index (χ2v) is 5.09. The van der Waals surface area contributed by atoms with Crippen molar-refractivity contribution >= 4 is 16.9 Å². The Morgan fingerprint density at radius 2 is 2.27 bits per heavy atom. The molecule has 0 saturated carbocycles.